The minimum Gasteiger partial charge on any atom is -0.366 e. The Balaban J connectivity index is 1.50. The van der Waals surface area contributed by atoms with E-state index < -0.39 is 17.6 Å². The van der Waals surface area contributed by atoms with Crippen LogP contribution in [-0.4, -0.2) is 30.9 Å². The van der Waals surface area contributed by atoms with Gasteiger partial charge in [0.1, 0.15) is 23.3 Å². The number of thiophene rings is 2. The number of benzene rings is 3. The van der Waals surface area contributed by atoms with Crippen molar-refractivity contribution in [1.82, 2.24) is 19.1 Å². The van der Waals surface area contributed by atoms with E-state index in [9.17, 15) is 9.59 Å². The molecule has 0 aliphatic heterocycles. The molecule has 282 valence electrons. The highest BCUT2D eigenvalue weighted by Crippen LogP contribution is 2.47. The van der Waals surface area contributed by atoms with Gasteiger partial charge in [-0.25, -0.2) is 18.7 Å². The summed E-state index contributed by atoms with van der Waals surface area (Å²) in [5, 5.41) is 1.14. The molecule has 4 aromatic heterocycles. The Labute approximate surface area is 333 Å². The first-order valence-electron chi connectivity index (χ1n) is 17.7. The largest absolute Gasteiger partial charge is 0.366 e. The molecule has 0 atom stereocenters. The molecular weight excluding hydrogens is 782 g/mol. The number of aromatic nitrogens is 4. The van der Waals surface area contributed by atoms with Gasteiger partial charge in [0, 0.05) is 61.1 Å². The van der Waals surface area contributed by atoms with Gasteiger partial charge in [0.05, 0.1) is 36.7 Å². The predicted octanol–water partition coefficient (Wildman–Crippen LogP) is 11.1. The van der Waals surface area contributed by atoms with Gasteiger partial charge in [0.25, 0.3) is 0 Å². The zero-order valence-corrected chi connectivity index (χ0v) is 33.4. The van der Waals surface area contributed by atoms with Crippen LogP contribution in [0.3, 0.4) is 0 Å². The zero-order chi connectivity index (χ0) is 39.3. The molecule has 0 unspecified atom stereocenters. The predicted molar refractivity (Wildman–Crippen MR) is 223 cm³/mol. The molecule has 0 radical (unpaired) electrons. The van der Waals surface area contributed by atoms with Crippen molar-refractivity contribution in [3.8, 4) is 22.8 Å². The van der Waals surface area contributed by atoms with Gasteiger partial charge in [-0.15, -0.1) is 22.7 Å². The number of carbonyl (C=O) groups is 2. The topological polar surface area (TPSA) is 122 Å². The average Bonchev–Trinajstić information content (AvgIpc) is 3.92. The molecule has 3 aromatic carbocycles. The van der Waals surface area contributed by atoms with E-state index in [-0.39, 0.29) is 16.4 Å². The molecule has 55 heavy (non-hydrogen) atoms. The number of aryl methyl sites for hydroxylation is 4. The summed E-state index contributed by atoms with van der Waals surface area (Å²) >= 11 is 16.2. The number of carbonyl (C=O) groups excluding carboxylic acids is 2. The summed E-state index contributed by atoms with van der Waals surface area (Å²) in [5.41, 5.74) is 16.2. The van der Waals surface area contributed by atoms with Crippen LogP contribution in [0.15, 0.2) is 61.2 Å². The van der Waals surface area contributed by atoms with Crippen LogP contribution < -0.4 is 11.5 Å². The van der Waals surface area contributed by atoms with Gasteiger partial charge < -0.3 is 20.6 Å². The maximum atomic E-state index is 15.5. The van der Waals surface area contributed by atoms with Crippen LogP contribution in [0, 0.1) is 5.82 Å². The number of nitrogens with zero attached hydrogens (tertiary/aromatic N) is 4. The summed E-state index contributed by atoms with van der Waals surface area (Å²) in [6, 6.07) is 13.1. The van der Waals surface area contributed by atoms with Crippen molar-refractivity contribution in [1.29, 1.82) is 0 Å². The van der Waals surface area contributed by atoms with Crippen LogP contribution >= 0.6 is 45.9 Å². The van der Waals surface area contributed by atoms with Crippen LogP contribution in [0.2, 0.25) is 5.02 Å². The van der Waals surface area contributed by atoms with Crippen LogP contribution in [-0.2, 0) is 25.9 Å². The number of rotatable bonds is 13. The fourth-order valence-electron chi connectivity index (χ4n) is 7.10. The van der Waals surface area contributed by atoms with Gasteiger partial charge in [0.15, 0.2) is 0 Å². The minimum atomic E-state index is -0.599. The monoisotopic (exact) mass is 816 g/mol. The molecule has 0 saturated heterocycles. The molecule has 2 amide bonds. The first kappa shape index (κ1) is 38.4. The molecule has 7 aromatic rings. The molecule has 0 aliphatic rings. The van der Waals surface area contributed by atoms with Crippen LogP contribution in [0.1, 0.15) is 74.5 Å². The van der Waals surface area contributed by atoms with Crippen molar-refractivity contribution >= 4 is 101 Å². The molecule has 7 rings (SSSR count). The van der Waals surface area contributed by atoms with E-state index in [1.54, 1.807) is 49.4 Å². The molecule has 0 fully saturated rings. The second-order valence-electron chi connectivity index (χ2n) is 13.1. The van der Waals surface area contributed by atoms with E-state index in [4.69, 9.17) is 44.6 Å². The zero-order valence-electron chi connectivity index (χ0n) is 30.2. The number of amides is 2. The summed E-state index contributed by atoms with van der Waals surface area (Å²) in [6.45, 7) is 10.4. The minimum absolute atomic E-state index is 0.169. The third-order valence-corrected chi connectivity index (χ3v) is 12.6. The summed E-state index contributed by atoms with van der Waals surface area (Å²) in [4.78, 5) is 36.9. The molecule has 14 heteroatoms. The van der Waals surface area contributed by atoms with Crippen LogP contribution in [0.5, 0.6) is 0 Å². The highest BCUT2D eigenvalue weighted by Gasteiger charge is 2.29. The van der Waals surface area contributed by atoms with E-state index in [1.807, 2.05) is 16.1 Å². The van der Waals surface area contributed by atoms with Crippen molar-refractivity contribution in [3.63, 3.8) is 0 Å². The van der Waals surface area contributed by atoms with E-state index in [0.29, 0.717) is 96.3 Å². The average molecular weight is 818 g/mol. The number of halogens is 4. The lowest BCUT2D eigenvalue weighted by atomic mass is 10.0. The normalized spacial score (nSPS) is 12.1. The van der Waals surface area contributed by atoms with Gasteiger partial charge in [-0.05, 0) is 68.3 Å². The van der Waals surface area contributed by atoms with Gasteiger partial charge in [0.2, 0.25) is 11.8 Å². The molecule has 0 saturated carbocycles. The third-order valence-electron chi connectivity index (χ3n) is 9.55. The Kier molecular flexibility index (Phi) is 10.7. The molecule has 0 bridgehead atoms. The quantitative estimate of drug-likeness (QED) is 0.120. The molecular formula is C41H36Cl2F2N6O2S2. The highest BCUT2D eigenvalue weighted by molar-refractivity contribution is 7.19. The number of allylic oxidation sites excluding steroid dienone is 1. The third kappa shape index (κ3) is 6.75. The fraction of sp³-hybridized carbons (Fsp3) is 0.220. The highest BCUT2D eigenvalue weighted by atomic mass is 35.5. The van der Waals surface area contributed by atoms with Gasteiger partial charge in [-0.1, -0.05) is 62.5 Å². The lowest BCUT2D eigenvalue weighted by Gasteiger charge is -2.15. The van der Waals surface area contributed by atoms with Gasteiger partial charge >= 0.3 is 0 Å². The fourth-order valence-corrected chi connectivity index (χ4v) is 10.4. The Morgan fingerprint density at radius 3 is 1.87 bits per heavy atom. The lowest BCUT2D eigenvalue weighted by molar-refractivity contribution is 0.0992. The second-order valence-corrected chi connectivity index (χ2v) is 16.2. The molecule has 0 aliphatic carbocycles. The van der Waals surface area contributed by atoms with E-state index in [1.165, 1.54) is 34.8 Å². The number of imidazole rings is 2. The standard InChI is InChI=1S/C41H36Cl2F2N6O2S2/c1-5-8-30-34(32(20(4)42)36(54-30)24(44)7-3)40-48-26-18-21(38(46)52)10-14-28(26)50(40)16-17-51-29-15-11-22(39(47)53)19-27(29)49-41(51)35-31(9-6-2)55-37-25(45)13-12-23(43)33(35)37/h7,10-15,18-19H,4-6,8-9,16-17H2,1-3H3,(H2,46,52)(H2,47,53)/b24-7+. The Bertz CT molecular complexity index is 2740. The molecule has 0 spiro atoms. The summed E-state index contributed by atoms with van der Waals surface area (Å²) in [7, 11) is 0. The van der Waals surface area contributed by atoms with E-state index >= 15 is 8.78 Å². The molecule has 8 nitrogen and oxygen atoms in total. The number of nitrogens with two attached hydrogens (primary N) is 2. The van der Waals surface area contributed by atoms with E-state index in [0.717, 1.165) is 28.2 Å². The van der Waals surface area contributed by atoms with Gasteiger partial charge in [-0.3, -0.25) is 9.59 Å². The van der Waals surface area contributed by atoms with Crippen molar-refractivity contribution in [3.05, 3.63) is 103 Å². The summed E-state index contributed by atoms with van der Waals surface area (Å²) in [5.74, 6) is -0.920. The van der Waals surface area contributed by atoms with Crippen molar-refractivity contribution in [2.45, 2.75) is 59.5 Å². The van der Waals surface area contributed by atoms with E-state index in [2.05, 4.69) is 13.5 Å². The smallest absolute Gasteiger partial charge is 0.248 e. The van der Waals surface area contributed by atoms with Crippen LogP contribution in [0.4, 0.5) is 8.78 Å². The summed E-state index contributed by atoms with van der Waals surface area (Å²) in [6.07, 6.45) is 4.26. The first-order chi connectivity index (χ1) is 26.4. The van der Waals surface area contributed by atoms with Crippen molar-refractivity contribution in [2.24, 2.45) is 11.5 Å². The maximum Gasteiger partial charge on any atom is 0.248 e. The Morgan fingerprint density at radius 2 is 1.38 bits per heavy atom. The number of hydrogen-bond donors (Lipinski definition) is 2. The first-order valence-corrected chi connectivity index (χ1v) is 20.1. The van der Waals surface area contributed by atoms with Crippen LogP contribution in [0.25, 0.3) is 65.8 Å². The van der Waals surface area contributed by atoms with Crippen molar-refractivity contribution < 1.29 is 18.4 Å². The Morgan fingerprint density at radius 1 is 0.855 bits per heavy atom. The van der Waals surface area contributed by atoms with Crippen molar-refractivity contribution in [2.75, 3.05) is 0 Å². The SMILES string of the molecule is C=C(Cl)c1c(/C(F)=C\C)sc(CCC)c1-c1nc2cc(C(N)=O)ccc2n1CCn1c(-c2c(CCC)sc3c(F)ccc(Cl)c23)nc2cc(C(N)=O)ccc21. The molecule has 4 heterocycles. The number of primary amides is 2. The Hall–Kier alpha value is -4.88. The van der Waals surface area contributed by atoms with Gasteiger partial charge in [-0.2, -0.15) is 0 Å². The second kappa shape index (κ2) is 15.3. The number of fused-ring (bicyclic) bond motifs is 3. The lowest BCUT2D eigenvalue weighted by Crippen LogP contribution is -2.12. The maximum absolute atomic E-state index is 15.5. The number of hydrogen-bond acceptors (Lipinski definition) is 6. The summed E-state index contributed by atoms with van der Waals surface area (Å²) < 4.78 is 35.4. The molecule has 4 N–H and O–H groups in total.